The van der Waals surface area contributed by atoms with Crippen molar-refractivity contribution in [3.05, 3.63) is 16.4 Å². The van der Waals surface area contributed by atoms with Gasteiger partial charge in [0, 0.05) is 25.7 Å². The van der Waals surface area contributed by atoms with E-state index in [1.165, 1.54) is 12.8 Å². The van der Waals surface area contributed by atoms with Gasteiger partial charge in [0.1, 0.15) is 0 Å². The zero-order valence-corrected chi connectivity index (χ0v) is 13.0. The van der Waals surface area contributed by atoms with Gasteiger partial charge in [-0.15, -0.1) is 0 Å². The second-order valence-electron chi connectivity index (χ2n) is 5.65. The minimum absolute atomic E-state index is 0.473. The van der Waals surface area contributed by atoms with Gasteiger partial charge in [-0.1, -0.05) is 18.5 Å². The fraction of sp³-hybridized carbons (Fsp3) is 0.786. The molecule has 0 saturated carbocycles. The van der Waals surface area contributed by atoms with Gasteiger partial charge in [-0.05, 0) is 39.2 Å². The van der Waals surface area contributed by atoms with E-state index in [-0.39, 0.29) is 0 Å². The minimum Gasteiger partial charge on any atom is -0.329 e. The van der Waals surface area contributed by atoms with Crippen LogP contribution in [0.4, 0.5) is 0 Å². The summed E-state index contributed by atoms with van der Waals surface area (Å²) >= 11 is 6.39. The maximum atomic E-state index is 6.39. The highest BCUT2D eigenvalue weighted by atomic mass is 35.5. The van der Waals surface area contributed by atoms with E-state index in [2.05, 4.69) is 23.8 Å². The lowest BCUT2D eigenvalue weighted by atomic mass is 9.92. The van der Waals surface area contributed by atoms with Crippen molar-refractivity contribution >= 4 is 11.6 Å². The summed E-state index contributed by atoms with van der Waals surface area (Å²) < 4.78 is 2.02. The second-order valence-corrected chi connectivity index (χ2v) is 6.03. The summed E-state index contributed by atoms with van der Waals surface area (Å²) in [6.07, 6.45) is 2.43. The summed E-state index contributed by atoms with van der Waals surface area (Å²) in [6, 6.07) is 0.473. The number of aryl methyl sites for hydroxylation is 2. The molecule has 108 valence electrons. The van der Waals surface area contributed by atoms with Crippen LogP contribution in [0, 0.1) is 12.8 Å². The summed E-state index contributed by atoms with van der Waals surface area (Å²) in [4.78, 5) is 2.47. The van der Waals surface area contributed by atoms with E-state index >= 15 is 0 Å². The number of aromatic nitrogens is 2. The van der Waals surface area contributed by atoms with Crippen LogP contribution < -0.4 is 5.73 Å². The third-order valence-corrected chi connectivity index (χ3v) is 4.67. The fourth-order valence-corrected chi connectivity index (χ4v) is 3.16. The Balaban J connectivity index is 2.16. The highest BCUT2D eigenvalue weighted by molar-refractivity contribution is 6.31. The smallest absolute Gasteiger partial charge is 0.0860 e. The molecule has 1 aromatic heterocycles. The first-order chi connectivity index (χ1) is 9.06. The lowest BCUT2D eigenvalue weighted by molar-refractivity contribution is 0.112. The molecule has 2 unspecified atom stereocenters. The topological polar surface area (TPSA) is 47.1 Å². The SMILES string of the molecule is CCn1nc(C)c(Cl)c1CN1CCC(C)CC1CN. The number of rotatable bonds is 4. The van der Waals surface area contributed by atoms with Gasteiger partial charge in [-0.3, -0.25) is 9.58 Å². The molecule has 1 aliphatic heterocycles. The molecule has 0 radical (unpaired) electrons. The Hall–Kier alpha value is -0.580. The van der Waals surface area contributed by atoms with Crippen LogP contribution in [0.5, 0.6) is 0 Å². The molecule has 0 amide bonds. The number of hydrogen-bond acceptors (Lipinski definition) is 3. The van der Waals surface area contributed by atoms with Gasteiger partial charge in [0.05, 0.1) is 16.4 Å². The maximum Gasteiger partial charge on any atom is 0.0860 e. The van der Waals surface area contributed by atoms with Crippen LogP contribution in [0.3, 0.4) is 0 Å². The summed E-state index contributed by atoms with van der Waals surface area (Å²) in [7, 11) is 0. The van der Waals surface area contributed by atoms with Crippen molar-refractivity contribution in [2.24, 2.45) is 11.7 Å². The average molecular weight is 285 g/mol. The predicted octanol–water partition coefficient (Wildman–Crippen LogP) is 2.42. The molecule has 0 spiro atoms. The normalized spacial score (nSPS) is 24.9. The van der Waals surface area contributed by atoms with Gasteiger partial charge >= 0.3 is 0 Å². The molecular formula is C14H25ClN4. The Morgan fingerprint density at radius 1 is 1.47 bits per heavy atom. The van der Waals surface area contributed by atoms with Crippen molar-refractivity contribution in [2.75, 3.05) is 13.1 Å². The number of hydrogen-bond donors (Lipinski definition) is 1. The first kappa shape index (κ1) is 14.8. The molecule has 2 heterocycles. The first-order valence-corrected chi connectivity index (χ1v) is 7.60. The van der Waals surface area contributed by atoms with Crippen LogP contribution in [0.15, 0.2) is 0 Å². The summed E-state index contributed by atoms with van der Waals surface area (Å²) in [5.74, 6) is 0.776. The molecule has 2 atom stereocenters. The Morgan fingerprint density at radius 2 is 2.21 bits per heavy atom. The molecule has 1 fully saturated rings. The molecule has 1 aromatic rings. The Bertz CT molecular complexity index is 429. The van der Waals surface area contributed by atoms with Crippen molar-refractivity contribution in [1.82, 2.24) is 14.7 Å². The molecule has 0 aromatic carbocycles. The van der Waals surface area contributed by atoms with Crippen LogP contribution >= 0.6 is 11.6 Å². The number of nitrogens with two attached hydrogens (primary N) is 1. The number of halogens is 1. The van der Waals surface area contributed by atoms with Crippen LogP contribution in [-0.4, -0.2) is 33.8 Å². The third kappa shape index (κ3) is 3.12. The van der Waals surface area contributed by atoms with Crippen LogP contribution in [-0.2, 0) is 13.1 Å². The van der Waals surface area contributed by atoms with Crippen LogP contribution in [0.2, 0.25) is 5.02 Å². The lowest BCUT2D eigenvalue weighted by Gasteiger charge is -2.38. The fourth-order valence-electron chi connectivity index (χ4n) is 2.97. The van der Waals surface area contributed by atoms with Gasteiger partial charge < -0.3 is 5.73 Å². The maximum absolute atomic E-state index is 6.39. The number of nitrogens with zero attached hydrogens (tertiary/aromatic N) is 3. The summed E-state index contributed by atoms with van der Waals surface area (Å²) in [5, 5.41) is 5.30. The van der Waals surface area contributed by atoms with Gasteiger partial charge in [-0.2, -0.15) is 5.10 Å². The molecule has 5 heteroatoms. The lowest BCUT2D eigenvalue weighted by Crippen LogP contribution is -2.46. The van der Waals surface area contributed by atoms with E-state index in [1.807, 2.05) is 11.6 Å². The summed E-state index contributed by atoms with van der Waals surface area (Å²) in [5.41, 5.74) is 7.98. The zero-order valence-electron chi connectivity index (χ0n) is 12.2. The van der Waals surface area contributed by atoms with E-state index in [4.69, 9.17) is 17.3 Å². The van der Waals surface area contributed by atoms with Crippen molar-refractivity contribution in [3.8, 4) is 0 Å². The third-order valence-electron chi connectivity index (χ3n) is 4.18. The molecule has 2 rings (SSSR count). The molecule has 1 aliphatic rings. The molecule has 1 saturated heterocycles. The molecule has 4 nitrogen and oxygen atoms in total. The van der Waals surface area contributed by atoms with E-state index in [0.29, 0.717) is 6.04 Å². The largest absolute Gasteiger partial charge is 0.329 e. The first-order valence-electron chi connectivity index (χ1n) is 7.22. The molecule has 0 aliphatic carbocycles. The van der Waals surface area contributed by atoms with E-state index < -0.39 is 0 Å². The highest BCUT2D eigenvalue weighted by Crippen LogP contribution is 2.27. The van der Waals surface area contributed by atoms with Gasteiger partial charge in [0.2, 0.25) is 0 Å². The molecular weight excluding hydrogens is 260 g/mol. The van der Waals surface area contributed by atoms with Crippen molar-refractivity contribution in [2.45, 2.75) is 52.7 Å². The van der Waals surface area contributed by atoms with E-state index in [1.54, 1.807) is 0 Å². The highest BCUT2D eigenvalue weighted by Gasteiger charge is 2.27. The summed E-state index contributed by atoms with van der Waals surface area (Å²) in [6.45, 7) is 9.94. The zero-order chi connectivity index (χ0) is 14.0. The van der Waals surface area contributed by atoms with Crippen LogP contribution in [0.1, 0.15) is 38.1 Å². The molecule has 2 N–H and O–H groups in total. The van der Waals surface area contributed by atoms with Crippen molar-refractivity contribution in [1.29, 1.82) is 0 Å². The second kappa shape index (κ2) is 6.25. The number of likely N-dealkylation sites (tertiary alicyclic amines) is 1. The van der Waals surface area contributed by atoms with Gasteiger partial charge in [0.25, 0.3) is 0 Å². The van der Waals surface area contributed by atoms with Gasteiger partial charge in [0.15, 0.2) is 0 Å². The predicted molar refractivity (Wildman–Crippen MR) is 79.3 cm³/mol. The Labute approximate surface area is 120 Å². The quantitative estimate of drug-likeness (QED) is 0.924. The monoisotopic (exact) mass is 284 g/mol. The van der Waals surface area contributed by atoms with Crippen molar-refractivity contribution < 1.29 is 0 Å². The van der Waals surface area contributed by atoms with Crippen molar-refractivity contribution in [3.63, 3.8) is 0 Å². The number of piperidine rings is 1. The Kier molecular flexibility index (Phi) is 4.87. The Morgan fingerprint density at radius 3 is 2.84 bits per heavy atom. The minimum atomic E-state index is 0.473. The standard InChI is InChI=1S/C14H25ClN4/c1-4-19-13(14(15)11(3)17-19)9-18-6-5-10(2)7-12(18)8-16/h10,12H,4-9,16H2,1-3H3. The molecule has 0 bridgehead atoms. The van der Waals surface area contributed by atoms with E-state index in [0.717, 1.165) is 48.5 Å². The van der Waals surface area contributed by atoms with E-state index in [9.17, 15) is 0 Å². The van der Waals surface area contributed by atoms with Crippen LogP contribution in [0.25, 0.3) is 0 Å². The van der Waals surface area contributed by atoms with Gasteiger partial charge in [-0.25, -0.2) is 0 Å². The molecule has 19 heavy (non-hydrogen) atoms. The average Bonchev–Trinajstić information content (AvgIpc) is 2.68.